The average Bonchev–Trinajstić information content (AvgIpc) is 3.00. The molecule has 25 heavy (non-hydrogen) atoms. The molecule has 0 saturated heterocycles. The van der Waals surface area contributed by atoms with E-state index in [1.807, 2.05) is 0 Å². The molecule has 0 fully saturated rings. The summed E-state index contributed by atoms with van der Waals surface area (Å²) in [5.74, 6) is -1.84. The van der Waals surface area contributed by atoms with E-state index in [4.69, 9.17) is 4.74 Å². The van der Waals surface area contributed by atoms with E-state index in [-0.39, 0.29) is 22.9 Å². The van der Waals surface area contributed by atoms with Crippen molar-refractivity contribution in [2.45, 2.75) is 26.3 Å². The lowest BCUT2D eigenvalue weighted by molar-refractivity contribution is 0.0698. The summed E-state index contributed by atoms with van der Waals surface area (Å²) in [5.41, 5.74) is -1.23. The summed E-state index contributed by atoms with van der Waals surface area (Å²) in [6.07, 6.45) is -1.73. The van der Waals surface area contributed by atoms with Gasteiger partial charge in [0.25, 0.3) is 12.3 Å². The van der Waals surface area contributed by atoms with Gasteiger partial charge in [0.1, 0.15) is 11.4 Å². The maximum Gasteiger partial charge on any atom is 0.337 e. The second-order valence-electron chi connectivity index (χ2n) is 5.47. The number of halogens is 2. The molecule has 0 unspecified atom stereocenters. The summed E-state index contributed by atoms with van der Waals surface area (Å²) in [5, 5.41) is 15.3. The van der Waals surface area contributed by atoms with Crippen LogP contribution in [-0.4, -0.2) is 33.9 Å². The molecule has 1 heterocycles. The van der Waals surface area contributed by atoms with Crippen molar-refractivity contribution in [1.29, 1.82) is 0 Å². The quantitative estimate of drug-likeness (QED) is 0.830. The molecule has 1 amide bonds. The van der Waals surface area contributed by atoms with Crippen LogP contribution in [0.25, 0.3) is 0 Å². The van der Waals surface area contributed by atoms with Gasteiger partial charge < -0.3 is 15.2 Å². The minimum absolute atomic E-state index is 0.0608. The van der Waals surface area contributed by atoms with Gasteiger partial charge in [0.2, 0.25) is 0 Å². The molecule has 0 spiro atoms. The number of ether oxygens (including phenoxy) is 1. The lowest BCUT2D eigenvalue weighted by Crippen LogP contribution is -2.16. The highest BCUT2D eigenvalue weighted by molar-refractivity contribution is 6.08. The average molecular weight is 353 g/mol. The van der Waals surface area contributed by atoms with Crippen molar-refractivity contribution in [1.82, 2.24) is 9.78 Å². The van der Waals surface area contributed by atoms with Crippen molar-refractivity contribution < 1.29 is 28.2 Å². The zero-order chi connectivity index (χ0) is 18.7. The molecule has 0 saturated carbocycles. The Kier molecular flexibility index (Phi) is 5.35. The highest BCUT2D eigenvalue weighted by Gasteiger charge is 2.25. The van der Waals surface area contributed by atoms with E-state index < -0.39 is 24.0 Å². The number of alkyl halides is 2. The molecular formula is C16H17F2N3O4. The number of aromatic nitrogens is 2. The third-order valence-electron chi connectivity index (χ3n) is 3.45. The van der Waals surface area contributed by atoms with Crippen molar-refractivity contribution in [3.8, 4) is 5.75 Å². The number of benzene rings is 1. The SMILES string of the molecule is COc1ccc(C(=O)O)c(NC(=O)c2cn(C(C)C)nc2C(F)F)c1. The number of nitrogens with zero attached hydrogens (tertiary/aromatic N) is 2. The monoisotopic (exact) mass is 353 g/mol. The van der Waals surface area contributed by atoms with Crippen LogP contribution in [-0.2, 0) is 0 Å². The number of carbonyl (C=O) groups is 2. The Morgan fingerprint density at radius 3 is 2.48 bits per heavy atom. The number of hydrogen-bond acceptors (Lipinski definition) is 4. The number of carboxylic acid groups (broad SMARTS) is 1. The van der Waals surface area contributed by atoms with Crippen LogP contribution >= 0.6 is 0 Å². The first-order valence-corrected chi connectivity index (χ1v) is 7.34. The van der Waals surface area contributed by atoms with Crippen LogP contribution in [0.3, 0.4) is 0 Å². The number of hydrogen-bond donors (Lipinski definition) is 2. The van der Waals surface area contributed by atoms with Gasteiger partial charge >= 0.3 is 5.97 Å². The molecular weight excluding hydrogens is 336 g/mol. The van der Waals surface area contributed by atoms with Gasteiger partial charge in [0, 0.05) is 18.3 Å². The molecule has 1 aromatic heterocycles. The first kappa shape index (κ1) is 18.4. The summed E-state index contributed by atoms with van der Waals surface area (Å²) in [6, 6.07) is 3.75. The molecule has 2 aromatic rings. The van der Waals surface area contributed by atoms with E-state index in [2.05, 4.69) is 10.4 Å². The zero-order valence-corrected chi connectivity index (χ0v) is 13.8. The highest BCUT2D eigenvalue weighted by Crippen LogP contribution is 2.26. The lowest BCUT2D eigenvalue weighted by atomic mass is 10.1. The summed E-state index contributed by atoms with van der Waals surface area (Å²) < 4.78 is 32.6. The van der Waals surface area contributed by atoms with Gasteiger partial charge in [0.15, 0.2) is 0 Å². The number of carbonyl (C=O) groups excluding carboxylic acids is 1. The van der Waals surface area contributed by atoms with Crippen LogP contribution in [0.2, 0.25) is 0 Å². The predicted octanol–water partition coefficient (Wildman–Crippen LogP) is 3.36. The Morgan fingerprint density at radius 2 is 1.96 bits per heavy atom. The second-order valence-corrected chi connectivity index (χ2v) is 5.47. The molecule has 0 radical (unpaired) electrons. The third-order valence-corrected chi connectivity index (χ3v) is 3.45. The summed E-state index contributed by atoms with van der Waals surface area (Å²) in [4.78, 5) is 23.7. The van der Waals surface area contributed by atoms with E-state index in [1.165, 1.54) is 36.2 Å². The Hall–Kier alpha value is -2.97. The smallest absolute Gasteiger partial charge is 0.337 e. The van der Waals surface area contributed by atoms with E-state index in [0.29, 0.717) is 5.75 Å². The van der Waals surface area contributed by atoms with Crippen LogP contribution < -0.4 is 10.1 Å². The molecule has 0 bridgehead atoms. The molecule has 1 aromatic carbocycles. The van der Waals surface area contributed by atoms with Crippen molar-refractivity contribution >= 4 is 17.6 Å². The minimum atomic E-state index is -2.94. The number of aromatic carboxylic acids is 1. The number of rotatable bonds is 6. The van der Waals surface area contributed by atoms with Crippen molar-refractivity contribution in [3.63, 3.8) is 0 Å². The predicted molar refractivity (Wildman–Crippen MR) is 85.5 cm³/mol. The number of carboxylic acids is 1. The van der Waals surface area contributed by atoms with Crippen molar-refractivity contribution in [2.75, 3.05) is 12.4 Å². The maximum atomic E-state index is 13.2. The van der Waals surface area contributed by atoms with Gasteiger partial charge in [-0.2, -0.15) is 5.10 Å². The highest BCUT2D eigenvalue weighted by atomic mass is 19.3. The molecule has 2 N–H and O–H groups in total. The van der Waals surface area contributed by atoms with Crippen molar-refractivity contribution in [3.05, 3.63) is 41.2 Å². The molecule has 0 aliphatic rings. The minimum Gasteiger partial charge on any atom is -0.497 e. The van der Waals surface area contributed by atoms with Crippen LogP contribution in [0.15, 0.2) is 24.4 Å². The molecule has 0 atom stereocenters. The first-order valence-electron chi connectivity index (χ1n) is 7.34. The number of amides is 1. The molecule has 9 heteroatoms. The van der Waals surface area contributed by atoms with Crippen LogP contribution in [0.5, 0.6) is 5.75 Å². The molecule has 0 aliphatic carbocycles. The fraction of sp³-hybridized carbons (Fsp3) is 0.312. The maximum absolute atomic E-state index is 13.2. The summed E-state index contributed by atoms with van der Waals surface area (Å²) in [6.45, 7) is 3.46. The van der Waals surface area contributed by atoms with Gasteiger partial charge in [-0.25, -0.2) is 13.6 Å². The molecule has 0 aliphatic heterocycles. The van der Waals surface area contributed by atoms with Crippen LogP contribution in [0.4, 0.5) is 14.5 Å². The summed E-state index contributed by atoms with van der Waals surface area (Å²) >= 11 is 0. The Balaban J connectivity index is 2.42. The van der Waals surface area contributed by atoms with E-state index >= 15 is 0 Å². The Labute approximate surface area is 142 Å². The Morgan fingerprint density at radius 1 is 1.28 bits per heavy atom. The lowest BCUT2D eigenvalue weighted by Gasteiger charge is -2.10. The fourth-order valence-electron chi connectivity index (χ4n) is 2.14. The van der Waals surface area contributed by atoms with Crippen LogP contribution in [0.1, 0.15) is 52.7 Å². The largest absolute Gasteiger partial charge is 0.497 e. The van der Waals surface area contributed by atoms with Gasteiger partial charge in [-0.1, -0.05) is 0 Å². The number of methoxy groups -OCH3 is 1. The van der Waals surface area contributed by atoms with Crippen LogP contribution in [0, 0.1) is 0 Å². The van der Waals surface area contributed by atoms with Gasteiger partial charge in [-0.15, -0.1) is 0 Å². The molecule has 7 nitrogen and oxygen atoms in total. The van der Waals surface area contributed by atoms with Gasteiger partial charge in [0.05, 0.1) is 23.9 Å². The molecule has 2 rings (SSSR count). The number of anilines is 1. The van der Waals surface area contributed by atoms with E-state index in [9.17, 15) is 23.5 Å². The van der Waals surface area contributed by atoms with E-state index in [0.717, 1.165) is 0 Å². The Bertz CT molecular complexity index is 803. The normalized spacial score (nSPS) is 11.0. The number of nitrogens with one attached hydrogen (secondary N) is 1. The standard InChI is InChI=1S/C16H17F2N3O4/c1-8(2)21-7-11(13(20-21)14(17)18)15(22)19-12-6-9(25-3)4-5-10(12)16(23)24/h4-8,14H,1-3H3,(H,19,22)(H,23,24). The van der Waals surface area contributed by atoms with E-state index in [1.54, 1.807) is 13.8 Å². The fourth-order valence-corrected chi connectivity index (χ4v) is 2.14. The second kappa shape index (κ2) is 7.29. The topological polar surface area (TPSA) is 93.5 Å². The zero-order valence-electron chi connectivity index (χ0n) is 13.8. The van der Waals surface area contributed by atoms with Crippen molar-refractivity contribution in [2.24, 2.45) is 0 Å². The van der Waals surface area contributed by atoms with Gasteiger partial charge in [-0.05, 0) is 26.0 Å². The first-order chi connectivity index (χ1) is 11.7. The van der Waals surface area contributed by atoms with Gasteiger partial charge in [-0.3, -0.25) is 9.48 Å². The third kappa shape index (κ3) is 3.93. The molecule has 134 valence electrons. The summed E-state index contributed by atoms with van der Waals surface area (Å²) in [7, 11) is 1.38.